The molecule has 0 aliphatic carbocycles. The molecule has 0 amide bonds. The van der Waals surface area contributed by atoms with Gasteiger partial charge in [-0.3, -0.25) is 0 Å². The van der Waals surface area contributed by atoms with Crippen molar-refractivity contribution in [2.45, 2.75) is 44.2 Å². The van der Waals surface area contributed by atoms with Gasteiger partial charge in [-0.05, 0) is 37.1 Å². The summed E-state index contributed by atoms with van der Waals surface area (Å²) < 4.78 is 27.3. The molecular formula is C18H27N5O2S. The molecule has 142 valence electrons. The molecule has 0 aliphatic rings. The standard InChI is InChI=1S/C18H27N5O2S/c1-5-6-14(2)22-26(24,25)16-8-9-17(20-13-16)19-11-15-7-10-18(21-12-15)23(3)4/h7-10,12-14,22H,5-6,11H2,1-4H3,(H,19,20). The molecule has 26 heavy (non-hydrogen) atoms. The summed E-state index contributed by atoms with van der Waals surface area (Å²) in [5.74, 6) is 1.51. The van der Waals surface area contributed by atoms with Gasteiger partial charge < -0.3 is 10.2 Å². The Labute approximate surface area is 155 Å². The first-order valence-corrected chi connectivity index (χ1v) is 10.1. The van der Waals surface area contributed by atoms with Crippen molar-refractivity contribution in [2.24, 2.45) is 0 Å². The number of sulfonamides is 1. The first kappa shape index (κ1) is 20.1. The van der Waals surface area contributed by atoms with E-state index < -0.39 is 10.0 Å². The summed E-state index contributed by atoms with van der Waals surface area (Å²) >= 11 is 0. The third kappa shape index (κ3) is 5.67. The molecule has 0 aromatic carbocycles. The number of hydrogen-bond acceptors (Lipinski definition) is 6. The SMILES string of the molecule is CCCC(C)NS(=O)(=O)c1ccc(NCc2ccc(N(C)C)nc2)nc1. The number of hydrogen-bond donors (Lipinski definition) is 2. The summed E-state index contributed by atoms with van der Waals surface area (Å²) in [5, 5.41) is 3.17. The van der Waals surface area contributed by atoms with Crippen LogP contribution in [0.3, 0.4) is 0 Å². The Hall–Kier alpha value is -2.19. The van der Waals surface area contributed by atoms with E-state index in [1.807, 2.05) is 45.0 Å². The summed E-state index contributed by atoms with van der Waals surface area (Å²) in [6.45, 7) is 4.45. The Morgan fingerprint density at radius 2 is 1.88 bits per heavy atom. The van der Waals surface area contributed by atoms with Crippen molar-refractivity contribution >= 4 is 21.7 Å². The average Bonchev–Trinajstić information content (AvgIpc) is 2.60. The number of aromatic nitrogens is 2. The van der Waals surface area contributed by atoms with E-state index in [4.69, 9.17) is 0 Å². The predicted octanol–water partition coefficient (Wildman–Crippen LogP) is 2.62. The lowest BCUT2D eigenvalue weighted by molar-refractivity contribution is 0.543. The fraction of sp³-hybridized carbons (Fsp3) is 0.444. The minimum absolute atomic E-state index is 0.0968. The van der Waals surface area contributed by atoms with E-state index in [0.717, 1.165) is 24.2 Å². The maximum atomic E-state index is 12.3. The second kappa shape index (κ2) is 8.95. The van der Waals surface area contributed by atoms with E-state index in [1.165, 1.54) is 6.20 Å². The van der Waals surface area contributed by atoms with Crippen LogP contribution in [0.1, 0.15) is 32.3 Å². The van der Waals surface area contributed by atoms with E-state index in [-0.39, 0.29) is 10.9 Å². The molecule has 7 nitrogen and oxygen atoms in total. The van der Waals surface area contributed by atoms with Crippen LogP contribution in [0.4, 0.5) is 11.6 Å². The zero-order chi connectivity index (χ0) is 19.2. The van der Waals surface area contributed by atoms with E-state index in [9.17, 15) is 8.42 Å². The molecule has 0 saturated carbocycles. The largest absolute Gasteiger partial charge is 0.366 e. The fourth-order valence-electron chi connectivity index (χ4n) is 2.45. The molecule has 0 saturated heterocycles. The van der Waals surface area contributed by atoms with Gasteiger partial charge in [0.1, 0.15) is 16.5 Å². The summed E-state index contributed by atoms with van der Waals surface area (Å²) in [7, 11) is 0.351. The molecule has 1 unspecified atom stereocenters. The quantitative estimate of drug-likeness (QED) is 0.698. The van der Waals surface area contributed by atoms with Crippen molar-refractivity contribution in [3.05, 3.63) is 42.2 Å². The number of rotatable bonds is 9. The molecule has 0 bridgehead atoms. The highest BCUT2D eigenvalue weighted by Gasteiger charge is 2.17. The summed E-state index contributed by atoms with van der Waals surface area (Å²) in [6, 6.07) is 7.07. The number of anilines is 2. The molecule has 1 atom stereocenters. The normalized spacial score (nSPS) is 12.6. The summed E-state index contributed by atoms with van der Waals surface area (Å²) in [5.41, 5.74) is 1.02. The van der Waals surface area contributed by atoms with Crippen LogP contribution in [-0.4, -0.2) is 38.5 Å². The smallest absolute Gasteiger partial charge is 0.242 e. The molecule has 2 N–H and O–H groups in total. The Kier molecular flexibility index (Phi) is 6.93. The number of nitrogens with zero attached hydrogens (tertiary/aromatic N) is 3. The van der Waals surface area contributed by atoms with Gasteiger partial charge >= 0.3 is 0 Å². The Balaban J connectivity index is 1.96. The van der Waals surface area contributed by atoms with E-state index >= 15 is 0 Å². The first-order valence-electron chi connectivity index (χ1n) is 8.66. The van der Waals surface area contributed by atoms with Gasteiger partial charge in [0.25, 0.3) is 0 Å². The molecule has 2 aromatic heterocycles. The van der Waals surface area contributed by atoms with Gasteiger partial charge in [0.05, 0.1) is 0 Å². The predicted molar refractivity (Wildman–Crippen MR) is 105 cm³/mol. The average molecular weight is 378 g/mol. The first-order chi connectivity index (χ1) is 12.3. The van der Waals surface area contributed by atoms with Gasteiger partial charge in [0.2, 0.25) is 10.0 Å². The Morgan fingerprint density at radius 1 is 1.12 bits per heavy atom. The fourth-order valence-corrected chi connectivity index (χ4v) is 3.67. The molecule has 2 rings (SSSR count). The minimum atomic E-state index is -3.53. The summed E-state index contributed by atoms with van der Waals surface area (Å²) in [4.78, 5) is 10.7. The van der Waals surface area contributed by atoms with Gasteiger partial charge in [0, 0.05) is 39.1 Å². The van der Waals surface area contributed by atoms with Crippen LogP contribution in [-0.2, 0) is 16.6 Å². The van der Waals surface area contributed by atoms with Crippen LogP contribution in [0.2, 0.25) is 0 Å². The second-order valence-corrected chi connectivity index (χ2v) is 8.18. The van der Waals surface area contributed by atoms with Crippen LogP contribution >= 0.6 is 0 Å². The Bertz CT molecular complexity index is 789. The van der Waals surface area contributed by atoms with E-state index in [2.05, 4.69) is 20.0 Å². The van der Waals surface area contributed by atoms with Crippen LogP contribution in [0.25, 0.3) is 0 Å². The van der Waals surface area contributed by atoms with Gasteiger partial charge in [-0.25, -0.2) is 23.1 Å². The van der Waals surface area contributed by atoms with Gasteiger partial charge in [-0.15, -0.1) is 0 Å². The maximum absolute atomic E-state index is 12.3. The minimum Gasteiger partial charge on any atom is -0.366 e. The highest BCUT2D eigenvalue weighted by atomic mass is 32.2. The van der Waals surface area contributed by atoms with Crippen LogP contribution in [0.15, 0.2) is 41.6 Å². The third-order valence-corrected chi connectivity index (χ3v) is 5.44. The highest BCUT2D eigenvalue weighted by molar-refractivity contribution is 7.89. The van der Waals surface area contributed by atoms with Crippen molar-refractivity contribution in [3.8, 4) is 0 Å². The van der Waals surface area contributed by atoms with Crippen molar-refractivity contribution in [3.63, 3.8) is 0 Å². The topological polar surface area (TPSA) is 87.2 Å². The molecule has 2 aromatic rings. The molecule has 0 fully saturated rings. The lowest BCUT2D eigenvalue weighted by Crippen LogP contribution is -2.32. The lowest BCUT2D eigenvalue weighted by Gasteiger charge is -2.13. The van der Waals surface area contributed by atoms with Crippen molar-refractivity contribution < 1.29 is 8.42 Å². The molecule has 8 heteroatoms. The van der Waals surface area contributed by atoms with Gasteiger partial charge in [-0.1, -0.05) is 19.4 Å². The zero-order valence-electron chi connectivity index (χ0n) is 15.7. The monoisotopic (exact) mass is 377 g/mol. The van der Waals surface area contributed by atoms with Gasteiger partial charge in [0.15, 0.2) is 0 Å². The number of pyridine rings is 2. The molecule has 0 aliphatic heterocycles. The highest BCUT2D eigenvalue weighted by Crippen LogP contribution is 2.14. The van der Waals surface area contributed by atoms with Crippen molar-refractivity contribution in [2.75, 3.05) is 24.3 Å². The molecule has 2 heterocycles. The molecule has 0 spiro atoms. The van der Waals surface area contributed by atoms with Crippen LogP contribution in [0.5, 0.6) is 0 Å². The second-order valence-electron chi connectivity index (χ2n) is 6.46. The van der Waals surface area contributed by atoms with Crippen LogP contribution in [0, 0.1) is 0 Å². The zero-order valence-corrected chi connectivity index (χ0v) is 16.5. The van der Waals surface area contributed by atoms with Crippen molar-refractivity contribution in [1.82, 2.24) is 14.7 Å². The van der Waals surface area contributed by atoms with Crippen LogP contribution < -0.4 is 14.9 Å². The van der Waals surface area contributed by atoms with E-state index in [0.29, 0.717) is 12.4 Å². The van der Waals surface area contributed by atoms with Gasteiger partial charge in [-0.2, -0.15) is 0 Å². The third-order valence-electron chi connectivity index (χ3n) is 3.87. The summed E-state index contributed by atoms with van der Waals surface area (Å²) in [6.07, 6.45) is 4.90. The lowest BCUT2D eigenvalue weighted by atomic mass is 10.2. The van der Waals surface area contributed by atoms with Crippen molar-refractivity contribution in [1.29, 1.82) is 0 Å². The van der Waals surface area contributed by atoms with E-state index in [1.54, 1.807) is 18.3 Å². The molecular weight excluding hydrogens is 350 g/mol. The number of nitrogens with one attached hydrogen (secondary N) is 2. The Morgan fingerprint density at radius 3 is 2.42 bits per heavy atom. The maximum Gasteiger partial charge on any atom is 0.242 e. The molecule has 0 radical (unpaired) electrons.